The van der Waals surface area contributed by atoms with Crippen molar-refractivity contribution < 1.29 is 5.11 Å². The van der Waals surface area contributed by atoms with Gasteiger partial charge in [0.2, 0.25) is 0 Å². The fraction of sp³-hybridized carbons (Fsp3) is 0.429. The van der Waals surface area contributed by atoms with Gasteiger partial charge in [0, 0.05) is 36.8 Å². The average molecular weight is 232 g/mol. The molecular formula is C14H20N2O. The summed E-state index contributed by atoms with van der Waals surface area (Å²) in [6, 6.07) is 8.58. The standard InChI is InChI=1S/C14H20N2O/c1-2-15-11-12-5-3-6-14-13(12)7-9-16(14)8-4-10-17/h3,5-7,9,15,17H,2,4,8,10-11H2,1H3. The highest BCUT2D eigenvalue weighted by Gasteiger charge is 2.04. The van der Waals surface area contributed by atoms with Gasteiger partial charge >= 0.3 is 0 Å². The number of benzene rings is 1. The normalized spacial score (nSPS) is 11.2. The molecule has 0 fully saturated rings. The molecular weight excluding hydrogens is 212 g/mol. The lowest BCUT2D eigenvalue weighted by molar-refractivity contribution is 0.280. The summed E-state index contributed by atoms with van der Waals surface area (Å²) >= 11 is 0. The molecule has 0 aliphatic carbocycles. The Morgan fingerprint density at radius 3 is 2.94 bits per heavy atom. The molecule has 2 rings (SSSR count). The van der Waals surface area contributed by atoms with E-state index in [1.807, 2.05) is 0 Å². The minimum Gasteiger partial charge on any atom is -0.396 e. The maximum Gasteiger partial charge on any atom is 0.0483 e. The lowest BCUT2D eigenvalue weighted by Crippen LogP contribution is -2.11. The van der Waals surface area contributed by atoms with Crippen molar-refractivity contribution in [2.45, 2.75) is 26.4 Å². The number of hydrogen-bond acceptors (Lipinski definition) is 2. The van der Waals surface area contributed by atoms with Crippen LogP contribution in [0, 0.1) is 0 Å². The molecule has 2 N–H and O–H groups in total. The molecule has 0 saturated carbocycles. The van der Waals surface area contributed by atoms with Crippen LogP contribution in [0.4, 0.5) is 0 Å². The van der Waals surface area contributed by atoms with Gasteiger partial charge in [0.15, 0.2) is 0 Å². The summed E-state index contributed by atoms with van der Waals surface area (Å²) in [5, 5.41) is 13.6. The van der Waals surface area contributed by atoms with Gasteiger partial charge in [-0.3, -0.25) is 0 Å². The number of aliphatic hydroxyl groups is 1. The lowest BCUT2D eigenvalue weighted by atomic mass is 10.1. The van der Waals surface area contributed by atoms with Crippen molar-refractivity contribution in [3.63, 3.8) is 0 Å². The zero-order valence-corrected chi connectivity index (χ0v) is 10.3. The topological polar surface area (TPSA) is 37.2 Å². The van der Waals surface area contributed by atoms with Crippen LogP contribution >= 0.6 is 0 Å². The maximum absolute atomic E-state index is 8.88. The smallest absolute Gasteiger partial charge is 0.0483 e. The summed E-state index contributed by atoms with van der Waals surface area (Å²) in [6.07, 6.45) is 2.91. The van der Waals surface area contributed by atoms with Crippen LogP contribution in [0.2, 0.25) is 0 Å². The molecule has 17 heavy (non-hydrogen) atoms. The summed E-state index contributed by atoms with van der Waals surface area (Å²) in [6.45, 7) is 5.15. The lowest BCUT2D eigenvalue weighted by Gasteiger charge is -2.07. The molecule has 0 saturated heterocycles. The second kappa shape index (κ2) is 5.84. The Balaban J connectivity index is 2.28. The number of aromatic nitrogens is 1. The molecule has 3 nitrogen and oxygen atoms in total. The first-order valence-electron chi connectivity index (χ1n) is 6.25. The van der Waals surface area contributed by atoms with Gasteiger partial charge in [0.1, 0.15) is 0 Å². The van der Waals surface area contributed by atoms with E-state index < -0.39 is 0 Å². The number of nitrogens with zero attached hydrogens (tertiary/aromatic N) is 1. The third kappa shape index (κ3) is 2.68. The van der Waals surface area contributed by atoms with E-state index in [2.05, 4.69) is 47.3 Å². The quantitative estimate of drug-likeness (QED) is 0.800. The fourth-order valence-electron chi connectivity index (χ4n) is 2.14. The number of hydrogen-bond donors (Lipinski definition) is 2. The molecule has 92 valence electrons. The average Bonchev–Trinajstić information content (AvgIpc) is 2.77. The van der Waals surface area contributed by atoms with E-state index in [-0.39, 0.29) is 6.61 Å². The largest absolute Gasteiger partial charge is 0.396 e. The molecule has 3 heteroatoms. The summed E-state index contributed by atoms with van der Waals surface area (Å²) in [5.74, 6) is 0. The van der Waals surface area contributed by atoms with Gasteiger partial charge < -0.3 is 15.0 Å². The van der Waals surface area contributed by atoms with Crippen LogP contribution in [0.1, 0.15) is 18.9 Å². The molecule has 0 bridgehead atoms. The summed E-state index contributed by atoms with van der Waals surface area (Å²) in [5.41, 5.74) is 2.60. The third-order valence-electron chi connectivity index (χ3n) is 3.03. The molecule has 0 aliphatic heterocycles. The van der Waals surface area contributed by atoms with E-state index in [9.17, 15) is 0 Å². The van der Waals surface area contributed by atoms with Crippen LogP contribution in [0.15, 0.2) is 30.5 Å². The Labute approximate surface area is 102 Å². The molecule has 2 aromatic rings. The zero-order chi connectivity index (χ0) is 12.1. The van der Waals surface area contributed by atoms with Gasteiger partial charge in [0.25, 0.3) is 0 Å². The predicted molar refractivity (Wildman–Crippen MR) is 71.0 cm³/mol. The number of rotatable bonds is 6. The Bertz CT molecular complexity index is 476. The first kappa shape index (κ1) is 12.1. The summed E-state index contributed by atoms with van der Waals surface area (Å²) < 4.78 is 2.21. The molecule has 1 aromatic carbocycles. The number of aliphatic hydroxyl groups excluding tert-OH is 1. The highest BCUT2D eigenvalue weighted by Crippen LogP contribution is 2.20. The molecule has 0 spiro atoms. The molecule has 0 unspecified atom stereocenters. The van der Waals surface area contributed by atoms with Crippen molar-refractivity contribution in [2.24, 2.45) is 0 Å². The highest BCUT2D eigenvalue weighted by molar-refractivity contribution is 5.83. The van der Waals surface area contributed by atoms with E-state index >= 15 is 0 Å². The molecule has 0 amide bonds. The van der Waals surface area contributed by atoms with E-state index in [1.54, 1.807) is 0 Å². The number of fused-ring (bicyclic) bond motifs is 1. The Morgan fingerprint density at radius 2 is 2.18 bits per heavy atom. The first-order valence-corrected chi connectivity index (χ1v) is 6.25. The van der Waals surface area contributed by atoms with Gasteiger partial charge in [-0.05, 0) is 30.7 Å². The van der Waals surface area contributed by atoms with Crippen molar-refractivity contribution in [1.82, 2.24) is 9.88 Å². The zero-order valence-electron chi connectivity index (χ0n) is 10.3. The van der Waals surface area contributed by atoms with Crippen LogP contribution in [-0.4, -0.2) is 22.8 Å². The van der Waals surface area contributed by atoms with E-state index in [0.29, 0.717) is 0 Å². The van der Waals surface area contributed by atoms with Crippen molar-refractivity contribution in [3.05, 3.63) is 36.0 Å². The van der Waals surface area contributed by atoms with Crippen molar-refractivity contribution >= 4 is 10.9 Å². The van der Waals surface area contributed by atoms with Crippen LogP contribution < -0.4 is 5.32 Å². The summed E-state index contributed by atoms with van der Waals surface area (Å²) in [7, 11) is 0. The maximum atomic E-state index is 8.88. The third-order valence-corrected chi connectivity index (χ3v) is 3.03. The van der Waals surface area contributed by atoms with Crippen LogP contribution in [-0.2, 0) is 13.1 Å². The molecule has 1 heterocycles. The predicted octanol–water partition coefficient (Wildman–Crippen LogP) is 2.13. The van der Waals surface area contributed by atoms with Gasteiger partial charge in [-0.1, -0.05) is 19.1 Å². The van der Waals surface area contributed by atoms with Crippen molar-refractivity contribution in [1.29, 1.82) is 0 Å². The second-order valence-electron chi connectivity index (χ2n) is 4.22. The minimum atomic E-state index is 0.247. The fourth-order valence-corrected chi connectivity index (χ4v) is 2.14. The number of nitrogens with one attached hydrogen (secondary N) is 1. The van der Waals surface area contributed by atoms with E-state index in [4.69, 9.17) is 5.11 Å². The summed E-state index contributed by atoms with van der Waals surface area (Å²) in [4.78, 5) is 0. The Hall–Kier alpha value is -1.32. The van der Waals surface area contributed by atoms with Crippen LogP contribution in [0.25, 0.3) is 10.9 Å². The highest BCUT2D eigenvalue weighted by atomic mass is 16.3. The SMILES string of the molecule is CCNCc1cccc2c1ccn2CCCO. The Morgan fingerprint density at radius 1 is 1.29 bits per heavy atom. The van der Waals surface area contributed by atoms with Crippen molar-refractivity contribution in [2.75, 3.05) is 13.2 Å². The van der Waals surface area contributed by atoms with E-state index in [1.165, 1.54) is 16.5 Å². The Kier molecular flexibility index (Phi) is 4.18. The minimum absolute atomic E-state index is 0.247. The molecule has 1 aromatic heterocycles. The molecule has 0 atom stereocenters. The van der Waals surface area contributed by atoms with Crippen LogP contribution in [0.3, 0.4) is 0 Å². The van der Waals surface area contributed by atoms with Gasteiger partial charge in [0.05, 0.1) is 0 Å². The van der Waals surface area contributed by atoms with Crippen molar-refractivity contribution in [3.8, 4) is 0 Å². The van der Waals surface area contributed by atoms with Gasteiger partial charge in [-0.2, -0.15) is 0 Å². The monoisotopic (exact) mass is 232 g/mol. The molecule has 0 radical (unpaired) electrons. The number of aryl methyl sites for hydroxylation is 1. The van der Waals surface area contributed by atoms with Gasteiger partial charge in [-0.15, -0.1) is 0 Å². The van der Waals surface area contributed by atoms with E-state index in [0.717, 1.165) is 26.1 Å². The molecule has 0 aliphatic rings. The first-order chi connectivity index (χ1) is 8.36. The van der Waals surface area contributed by atoms with Gasteiger partial charge in [-0.25, -0.2) is 0 Å². The second-order valence-corrected chi connectivity index (χ2v) is 4.22. The van der Waals surface area contributed by atoms with Crippen LogP contribution in [0.5, 0.6) is 0 Å².